The van der Waals surface area contributed by atoms with Crippen LogP contribution >= 0.6 is 11.3 Å². The second-order valence-electron chi connectivity index (χ2n) is 3.57. The fourth-order valence-corrected chi connectivity index (χ4v) is 2.07. The molecule has 13 heavy (non-hydrogen) atoms. The van der Waals surface area contributed by atoms with Crippen LogP contribution in [0.3, 0.4) is 0 Å². The van der Waals surface area contributed by atoms with Gasteiger partial charge in [0.1, 0.15) is 0 Å². The maximum absolute atomic E-state index is 4.51. The van der Waals surface area contributed by atoms with Gasteiger partial charge in [0.15, 0.2) is 0 Å². The first-order chi connectivity index (χ1) is 6.15. The van der Waals surface area contributed by atoms with Gasteiger partial charge in [-0.2, -0.15) is 0 Å². The van der Waals surface area contributed by atoms with Gasteiger partial charge in [0, 0.05) is 5.38 Å². The standard InChI is InChI=1S/C10H18N2S/c1-5-11-10(7(2)3)9-6-13-8(4)12-9/h6-7,10-11H,5H2,1-4H3. The Morgan fingerprint density at radius 3 is 2.62 bits per heavy atom. The van der Waals surface area contributed by atoms with Crippen molar-refractivity contribution in [1.82, 2.24) is 10.3 Å². The van der Waals surface area contributed by atoms with E-state index in [1.165, 1.54) is 5.69 Å². The second-order valence-corrected chi connectivity index (χ2v) is 4.63. The Balaban J connectivity index is 2.75. The van der Waals surface area contributed by atoms with E-state index in [0.717, 1.165) is 11.6 Å². The summed E-state index contributed by atoms with van der Waals surface area (Å²) in [6.07, 6.45) is 0. The van der Waals surface area contributed by atoms with Gasteiger partial charge in [-0.25, -0.2) is 4.98 Å². The predicted octanol–water partition coefficient (Wildman–Crippen LogP) is 2.76. The maximum atomic E-state index is 4.51. The summed E-state index contributed by atoms with van der Waals surface area (Å²) < 4.78 is 0. The highest BCUT2D eigenvalue weighted by atomic mass is 32.1. The largest absolute Gasteiger partial charge is 0.309 e. The zero-order chi connectivity index (χ0) is 9.84. The molecule has 0 radical (unpaired) electrons. The quantitative estimate of drug-likeness (QED) is 0.804. The van der Waals surface area contributed by atoms with Crippen LogP contribution in [0.2, 0.25) is 0 Å². The van der Waals surface area contributed by atoms with E-state index in [4.69, 9.17) is 0 Å². The molecule has 0 bridgehead atoms. The molecule has 0 spiro atoms. The van der Waals surface area contributed by atoms with E-state index >= 15 is 0 Å². The predicted molar refractivity (Wildman–Crippen MR) is 58.1 cm³/mol. The van der Waals surface area contributed by atoms with Crippen molar-refractivity contribution >= 4 is 11.3 Å². The van der Waals surface area contributed by atoms with Gasteiger partial charge in [0.2, 0.25) is 0 Å². The van der Waals surface area contributed by atoms with Crippen LogP contribution in [0.1, 0.15) is 37.5 Å². The molecule has 1 aromatic heterocycles. The fraction of sp³-hybridized carbons (Fsp3) is 0.700. The van der Waals surface area contributed by atoms with Crippen molar-refractivity contribution in [3.8, 4) is 0 Å². The molecule has 1 rings (SSSR count). The first-order valence-corrected chi connectivity index (χ1v) is 5.68. The zero-order valence-electron chi connectivity index (χ0n) is 8.79. The second kappa shape index (κ2) is 4.72. The summed E-state index contributed by atoms with van der Waals surface area (Å²) in [5.74, 6) is 0.599. The number of hydrogen-bond acceptors (Lipinski definition) is 3. The van der Waals surface area contributed by atoms with E-state index in [2.05, 4.69) is 43.4 Å². The fourth-order valence-electron chi connectivity index (χ4n) is 1.42. The van der Waals surface area contributed by atoms with Crippen molar-refractivity contribution in [3.05, 3.63) is 16.1 Å². The number of rotatable bonds is 4. The first kappa shape index (κ1) is 10.7. The molecule has 0 aliphatic carbocycles. The molecule has 0 saturated carbocycles. The lowest BCUT2D eigenvalue weighted by atomic mass is 10.0. The SMILES string of the molecule is CCNC(c1csc(C)n1)C(C)C. The Labute approximate surface area is 84.4 Å². The molecule has 1 unspecified atom stereocenters. The van der Waals surface area contributed by atoms with E-state index < -0.39 is 0 Å². The summed E-state index contributed by atoms with van der Waals surface area (Å²) >= 11 is 1.72. The topological polar surface area (TPSA) is 24.9 Å². The Kier molecular flexibility index (Phi) is 3.88. The van der Waals surface area contributed by atoms with E-state index in [1.807, 2.05) is 0 Å². The first-order valence-electron chi connectivity index (χ1n) is 4.80. The number of nitrogens with zero attached hydrogens (tertiary/aromatic N) is 1. The highest BCUT2D eigenvalue weighted by Crippen LogP contribution is 2.22. The van der Waals surface area contributed by atoms with Gasteiger partial charge in [-0.3, -0.25) is 0 Å². The zero-order valence-corrected chi connectivity index (χ0v) is 9.61. The summed E-state index contributed by atoms with van der Waals surface area (Å²) in [5.41, 5.74) is 1.19. The number of thiazole rings is 1. The molecular weight excluding hydrogens is 180 g/mol. The number of aromatic nitrogens is 1. The van der Waals surface area contributed by atoms with Crippen molar-refractivity contribution in [1.29, 1.82) is 0 Å². The molecule has 3 heteroatoms. The third kappa shape index (κ3) is 2.78. The van der Waals surface area contributed by atoms with E-state index in [1.54, 1.807) is 11.3 Å². The number of aryl methyl sites for hydroxylation is 1. The monoisotopic (exact) mass is 198 g/mol. The van der Waals surface area contributed by atoms with E-state index in [-0.39, 0.29) is 0 Å². The number of hydrogen-bond donors (Lipinski definition) is 1. The lowest BCUT2D eigenvalue weighted by Gasteiger charge is -2.19. The molecule has 0 aliphatic heterocycles. The van der Waals surface area contributed by atoms with E-state index in [9.17, 15) is 0 Å². The molecule has 1 heterocycles. The highest BCUT2D eigenvalue weighted by Gasteiger charge is 2.16. The molecule has 0 amide bonds. The van der Waals surface area contributed by atoms with Crippen LogP contribution < -0.4 is 5.32 Å². The average molecular weight is 198 g/mol. The van der Waals surface area contributed by atoms with Crippen LogP contribution in [0, 0.1) is 12.8 Å². The lowest BCUT2D eigenvalue weighted by molar-refractivity contribution is 0.414. The van der Waals surface area contributed by atoms with Crippen molar-refractivity contribution in [2.75, 3.05) is 6.54 Å². The maximum Gasteiger partial charge on any atom is 0.0898 e. The van der Waals surface area contributed by atoms with Gasteiger partial charge < -0.3 is 5.32 Å². The van der Waals surface area contributed by atoms with Gasteiger partial charge >= 0.3 is 0 Å². The molecule has 0 saturated heterocycles. The van der Waals surface area contributed by atoms with Crippen LogP contribution in [0.25, 0.3) is 0 Å². The lowest BCUT2D eigenvalue weighted by Crippen LogP contribution is -2.25. The molecule has 1 N–H and O–H groups in total. The van der Waals surface area contributed by atoms with E-state index in [0.29, 0.717) is 12.0 Å². The molecule has 0 aliphatic rings. The normalized spacial score (nSPS) is 13.6. The molecular formula is C10H18N2S. The molecule has 2 nitrogen and oxygen atoms in total. The summed E-state index contributed by atoms with van der Waals surface area (Å²) in [7, 11) is 0. The molecule has 0 aromatic carbocycles. The Hall–Kier alpha value is -0.410. The molecule has 1 aromatic rings. The molecule has 74 valence electrons. The molecule has 1 atom stereocenters. The van der Waals surface area contributed by atoms with Gasteiger partial charge in [-0.1, -0.05) is 20.8 Å². The summed E-state index contributed by atoms with van der Waals surface area (Å²) in [6, 6.07) is 0.412. The minimum atomic E-state index is 0.412. The Morgan fingerprint density at radius 1 is 1.54 bits per heavy atom. The summed E-state index contributed by atoms with van der Waals surface area (Å²) in [6.45, 7) is 9.63. The van der Waals surface area contributed by atoms with Crippen LogP contribution in [0.5, 0.6) is 0 Å². The minimum absolute atomic E-state index is 0.412. The van der Waals surface area contributed by atoms with Crippen molar-refractivity contribution < 1.29 is 0 Å². The van der Waals surface area contributed by atoms with Crippen molar-refractivity contribution in [3.63, 3.8) is 0 Å². The van der Waals surface area contributed by atoms with Crippen LogP contribution in [0.4, 0.5) is 0 Å². The van der Waals surface area contributed by atoms with Gasteiger partial charge in [0.25, 0.3) is 0 Å². The highest BCUT2D eigenvalue weighted by molar-refractivity contribution is 7.09. The Bertz CT molecular complexity index is 255. The van der Waals surface area contributed by atoms with Crippen LogP contribution in [-0.2, 0) is 0 Å². The smallest absolute Gasteiger partial charge is 0.0898 e. The third-order valence-electron chi connectivity index (χ3n) is 2.05. The van der Waals surface area contributed by atoms with Gasteiger partial charge in [0.05, 0.1) is 16.7 Å². The molecule has 0 fully saturated rings. The third-order valence-corrected chi connectivity index (χ3v) is 2.84. The summed E-state index contributed by atoms with van der Waals surface area (Å²) in [4.78, 5) is 4.51. The number of nitrogens with one attached hydrogen (secondary N) is 1. The van der Waals surface area contributed by atoms with Crippen molar-refractivity contribution in [2.24, 2.45) is 5.92 Å². The van der Waals surface area contributed by atoms with Crippen molar-refractivity contribution in [2.45, 2.75) is 33.7 Å². The summed E-state index contributed by atoms with van der Waals surface area (Å²) in [5, 5.41) is 6.76. The Morgan fingerprint density at radius 2 is 2.23 bits per heavy atom. The van der Waals surface area contributed by atoms with Crippen LogP contribution in [0.15, 0.2) is 5.38 Å². The average Bonchev–Trinajstić information content (AvgIpc) is 2.46. The van der Waals surface area contributed by atoms with Crippen LogP contribution in [-0.4, -0.2) is 11.5 Å². The minimum Gasteiger partial charge on any atom is -0.309 e. The van der Waals surface area contributed by atoms with Gasteiger partial charge in [-0.05, 0) is 19.4 Å². The van der Waals surface area contributed by atoms with Gasteiger partial charge in [-0.15, -0.1) is 11.3 Å².